The molecule has 4 heteroatoms. The minimum atomic E-state index is -4.81. The van der Waals surface area contributed by atoms with E-state index in [4.69, 9.17) is 0 Å². The Bertz CT molecular complexity index is 508. The van der Waals surface area contributed by atoms with Gasteiger partial charge in [0, 0.05) is 0 Å². The molecular formula is C15H13F3O. The van der Waals surface area contributed by atoms with E-state index in [-0.39, 0.29) is 0 Å². The summed E-state index contributed by atoms with van der Waals surface area (Å²) in [7, 11) is 0. The minimum absolute atomic E-state index is 0.514. The van der Waals surface area contributed by atoms with Crippen molar-refractivity contribution in [3.05, 3.63) is 65.8 Å². The summed E-state index contributed by atoms with van der Waals surface area (Å²) in [5.41, 5.74) is 1.74. The van der Waals surface area contributed by atoms with Crippen LogP contribution in [0.1, 0.15) is 12.5 Å². The first-order chi connectivity index (χ1) is 8.89. The van der Waals surface area contributed by atoms with Crippen molar-refractivity contribution in [2.75, 3.05) is 0 Å². The molecule has 100 valence electrons. The number of halogens is 3. The quantitative estimate of drug-likeness (QED) is 0.585. The van der Waals surface area contributed by atoms with Gasteiger partial charge in [-0.25, -0.2) is 0 Å². The van der Waals surface area contributed by atoms with Crippen molar-refractivity contribution < 1.29 is 18.0 Å². The third kappa shape index (κ3) is 5.86. The molecule has 0 fully saturated rings. The van der Waals surface area contributed by atoms with Crippen molar-refractivity contribution in [3.63, 3.8) is 0 Å². The average molecular weight is 266 g/mol. The van der Waals surface area contributed by atoms with Crippen molar-refractivity contribution in [1.82, 2.24) is 0 Å². The number of carbonyl (C=O) groups excluding carboxylic acids is 1. The number of carbonyl (C=O) groups is 1. The second-order valence-electron chi connectivity index (χ2n) is 3.88. The lowest BCUT2D eigenvalue weighted by atomic mass is 10.1. The molecule has 0 radical (unpaired) electrons. The van der Waals surface area contributed by atoms with E-state index >= 15 is 0 Å². The second-order valence-corrected chi connectivity index (χ2v) is 3.88. The Morgan fingerprint density at radius 1 is 1.11 bits per heavy atom. The van der Waals surface area contributed by atoms with Crippen LogP contribution in [0.2, 0.25) is 0 Å². The zero-order valence-corrected chi connectivity index (χ0v) is 10.3. The molecule has 0 atom stereocenters. The molecule has 1 aromatic rings. The van der Waals surface area contributed by atoms with E-state index in [2.05, 4.69) is 0 Å². The predicted molar refractivity (Wildman–Crippen MR) is 69.4 cm³/mol. The first kappa shape index (κ1) is 15.0. The maximum atomic E-state index is 11.9. The summed E-state index contributed by atoms with van der Waals surface area (Å²) in [6, 6.07) is 9.49. The number of benzene rings is 1. The van der Waals surface area contributed by atoms with Crippen LogP contribution in [0.5, 0.6) is 0 Å². The second kappa shape index (κ2) is 6.73. The van der Waals surface area contributed by atoms with Gasteiger partial charge in [0.2, 0.25) is 0 Å². The molecule has 0 saturated heterocycles. The Hall–Kier alpha value is -2.10. The van der Waals surface area contributed by atoms with Crippen LogP contribution in [-0.2, 0) is 4.79 Å². The third-order valence-electron chi connectivity index (χ3n) is 2.22. The van der Waals surface area contributed by atoms with Crippen LogP contribution in [0.25, 0.3) is 6.08 Å². The lowest BCUT2D eigenvalue weighted by Gasteiger charge is -1.98. The fourth-order valence-corrected chi connectivity index (χ4v) is 1.23. The standard InChI is InChI=1S/C15H13F3O/c1-12(6-5-9-14(19)15(16,17)18)10-11-13-7-3-2-4-8-13/h2-11H,1H3/b9-5+,11-10+,12-6+. The molecular weight excluding hydrogens is 253 g/mol. The van der Waals surface area contributed by atoms with E-state index in [1.54, 1.807) is 13.0 Å². The molecule has 0 saturated carbocycles. The molecule has 0 aliphatic carbocycles. The van der Waals surface area contributed by atoms with E-state index in [9.17, 15) is 18.0 Å². The Morgan fingerprint density at radius 3 is 2.32 bits per heavy atom. The predicted octanol–water partition coefficient (Wildman–Crippen LogP) is 4.33. The third-order valence-corrected chi connectivity index (χ3v) is 2.22. The average Bonchev–Trinajstić information content (AvgIpc) is 2.36. The van der Waals surface area contributed by atoms with Crippen LogP contribution in [0, 0.1) is 0 Å². The minimum Gasteiger partial charge on any atom is -0.285 e. The van der Waals surface area contributed by atoms with Crippen molar-refractivity contribution in [2.45, 2.75) is 13.1 Å². The summed E-state index contributed by atoms with van der Waals surface area (Å²) in [4.78, 5) is 10.6. The lowest BCUT2D eigenvalue weighted by molar-refractivity contribution is -0.165. The molecule has 0 aliphatic heterocycles. The van der Waals surface area contributed by atoms with Gasteiger partial charge in [-0.3, -0.25) is 4.79 Å². The molecule has 0 N–H and O–H groups in total. The highest BCUT2D eigenvalue weighted by atomic mass is 19.4. The van der Waals surface area contributed by atoms with Crippen LogP contribution in [0.4, 0.5) is 13.2 Å². The van der Waals surface area contributed by atoms with Gasteiger partial charge in [0.25, 0.3) is 5.78 Å². The van der Waals surface area contributed by atoms with Gasteiger partial charge in [0.05, 0.1) is 0 Å². The molecule has 0 aliphatic rings. The zero-order valence-electron chi connectivity index (χ0n) is 10.3. The molecule has 0 heterocycles. The summed E-state index contributed by atoms with van der Waals surface area (Å²) in [6.45, 7) is 1.74. The molecule has 0 aromatic heterocycles. The largest absolute Gasteiger partial charge is 0.454 e. The normalized spacial score (nSPS) is 13.4. The van der Waals surface area contributed by atoms with Gasteiger partial charge >= 0.3 is 6.18 Å². The smallest absolute Gasteiger partial charge is 0.285 e. The fourth-order valence-electron chi connectivity index (χ4n) is 1.23. The van der Waals surface area contributed by atoms with Crippen molar-refractivity contribution in [3.8, 4) is 0 Å². The molecule has 19 heavy (non-hydrogen) atoms. The summed E-state index contributed by atoms with van der Waals surface area (Å²) >= 11 is 0. The Balaban J connectivity index is 2.62. The number of hydrogen-bond donors (Lipinski definition) is 0. The molecule has 0 unspecified atom stereocenters. The highest BCUT2D eigenvalue weighted by molar-refractivity contribution is 5.94. The first-order valence-corrected chi connectivity index (χ1v) is 5.59. The van der Waals surface area contributed by atoms with Gasteiger partial charge < -0.3 is 0 Å². The van der Waals surface area contributed by atoms with Crippen LogP contribution in [0.3, 0.4) is 0 Å². The van der Waals surface area contributed by atoms with E-state index in [0.717, 1.165) is 17.2 Å². The molecule has 0 spiro atoms. The monoisotopic (exact) mass is 266 g/mol. The zero-order chi connectivity index (χ0) is 14.3. The number of ketones is 1. The number of allylic oxidation sites excluding steroid dienone is 5. The summed E-state index contributed by atoms with van der Waals surface area (Å²) in [5, 5.41) is 0. The van der Waals surface area contributed by atoms with Gasteiger partial charge in [-0.15, -0.1) is 0 Å². The Morgan fingerprint density at radius 2 is 1.74 bits per heavy atom. The fraction of sp³-hybridized carbons (Fsp3) is 0.133. The maximum absolute atomic E-state index is 11.9. The summed E-state index contributed by atoms with van der Waals surface area (Å²) < 4.78 is 35.7. The number of rotatable bonds is 4. The van der Waals surface area contributed by atoms with Gasteiger partial charge in [-0.05, 0) is 18.6 Å². The van der Waals surface area contributed by atoms with Gasteiger partial charge in [0.15, 0.2) is 0 Å². The van der Waals surface area contributed by atoms with Crippen LogP contribution >= 0.6 is 0 Å². The van der Waals surface area contributed by atoms with Crippen molar-refractivity contribution in [1.29, 1.82) is 0 Å². The van der Waals surface area contributed by atoms with E-state index in [1.807, 2.05) is 36.4 Å². The molecule has 0 bridgehead atoms. The Labute approximate surface area is 109 Å². The van der Waals surface area contributed by atoms with Gasteiger partial charge in [0.1, 0.15) is 0 Å². The Kier molecular flexibility index (Phi) is 5.30. The highest BCUT2D eigenvalue weighted by Crippen LogP contribution is 2.16. The topological polar surface area (TPSA) is 17.1 Å². The van der Waals surface area contributed by atoms with Crippen LogP contribution in [0.15, 0.2) is 60.2 Å². The van der Waals surface area contributed by atoms with Crippen LogP contribution < -0.4 is 0 Å². The lowest BCUT2D eigenvalue weighted by Crippen LogP contribution is -2.19. The van der Waals surface area contributed by atoms with Gasteiger partial charge in [-0.1, -0.05) is 60.2 Å². The molecule has 1 rings (SSSR count). The summed E-state index contributed by atoms with van der Waals surface area (Å²) in [6.07, 6.45) is 1.85. The maximum Gasteiger partial charge on any atom is 0.454 e. The highest BCUT2D eigenvalue weighted by Gasteiger charge is 2.35. The number of alkyl halides is 3. The molecule has 1 nitrogen and oxygen atoms in total. The first-order valence-electron chi connectivity index (χ1n) is 5.59. The van der Waals surface area contributed by atoms with E-state index in [0.29, 0.717) is 6.08 Å². The van der Waals surface area contributed by atoms with E-state index in [1.165, 1.54) is 6.08 Å². The van der Waals surface area contributed by atoms with Gasteiger partial charge in [-0.2, -0.15) is 13.2 Å². The van der Waals surface area contributed by atoms with Crippen LogP contribution in [-0.4, -0.2) is 12.0 Å². The van der Waals surface area contributed by atoms with Crippen molar-refractivity contribution in [2.24, 2.45) is 0 Å². The molecule has 0 amide bonds. The van der Waals surface area contributed by atoms with E-state index < -0.39 is 12.0 Å². The number of hydrogen-bond acceptors (Lipinski definition) is 1. The SMILES string of the molecule is CC(/C=C/c1ccccc1)=C\C=C\C(=O)C(F)(F)F. The van der Waals surface area contributed by atoms with Crippen molar-refractivity contribution >= 4 is 11.9 Å². The summed E-state index contributed by atoms with van der Waals surface area (Å²) in [5.74, 6) is -1.86. The molecule has 1 aromatic carbocycles.